The largest absolute Gasteiger partial charge is 0.309 e. The summed E-state index contributed by atoms with van der Waals surface area (Å²) in [6, 6.07) is 11.9. The van der Waals surface area contributed by atoms with E-state index in [9.17, 15) is 13.7 Å². The minimum atomic E-state index is -3.82. The maximum absolute atomic E-state index is 13.5. The molecular weight excluding hydrogens is 518 g/mol. The van der Waals surface area contributed by atoms with E-state index in [-0.39, 0.29) is 17.5 Å². The molecule has 1 aliphatic rings. The zero-order valence-corrected chi connectivity index (χ0v) is 18.9. The highest BCUT2D eigenvalue weighted by Gasteiger charge is 2.37. The molecule has 1 saturated heterocycles. The number of halogens is 3. The Hall–Kier alpha value is -1.11. The van der Waals surface area contributed by atoms with Crippen molar-refractivity contribution in [2.45, 2.75) is 23.9 Å². The predicted octanol–water partition coefficient (Wildman–Crippen LogP) is 4.61. The summed E-state index contributed by atoms with van der Waals surface area (Å²) in [5.41, 5.74) is 0.726. The SMILES string of the molecule is N#CN1CCC(N(Cc2ccccc2Cl)S(=O)(=O)c2cc(Br)ccc2Br)C1. The third-order valence-electron chi connectivity index (χ3n) is 4.48. The van der Waals surface area contributed by atoms with Gasteiger partial charge in [0.05, 0.1) is 4.90 Å². The van der Waals surface area contributed by atoms with Gasteiger partial charge < -0.3 is 4.90 Å². The summed E-state index contributed by atoms with van der Waals surface area (Å²) in [6.07, 6.45) is 2.69. The van der Waals surface area contributed by atoms with Crippen LogP contribution in [0.1, 0.15) is 12.0 Å². The van der Waals surface area contributed by atoms with E-state index in [0.717, 1.165) is 5.56 Å². The van der Waals surface area contributed by atoms with Gasteiger partial charge in [0, 0.05) is 39.6 Å². The first-order valence-electron chi connectivity index (χ1n) is 8.18. The van der Waals surface area contributed by atoms with Crippen LogP contribution in [0.25, 0.3) is 0 Å². The molecule has 0 aliphatic carbocycles. The summed E-state index contributed by atoms with van der Waals surface area (Å²) in [5, 5.41) is 9.69. The molecule has 1 heterocycles. The minimum Gasteiger partial charge on any atom is -0.309 e. The Morgan fingerprint density at radius 2 is 2.00 bits per heavy atom. The summed E-state index contributed by atoms with van der Waals surface area (Å²) in [7, 11) is -3.82. The predicted molar refractivity (Wildman–Crippen MR) is 112 cm³/mol. The van der Waals surface area contributed by atoms with E-state index in [4.69, 9.17) is 11.6 Å². The van der Waals surface area contributed by atoms with E-state index in [1.54, 1.807) is 29.2 Å². The molecule has 0 N–H and O–H groups in total. The molecule has 1 fully saturated rings. The van der Waals surface area contributed by atoms with Crippen LogP contribution in [0, 0.1) is 11.5 Å². The van der Waals surface area contributed by atoms with Crippen LogP contribution in [0.15, 0.2) is 56.3 Å². The first-order valence-corrected chi connectivity index (χ1v) is 11.6. The van der Waals surface area contributed by atoms with E-state index in [0.29, 0.717) is 33.5 Å². The van der Waals surface area contributed by atoms with Gasteiger partial charge in [-0.05, 0) is 52.2 Å². The van der Waals surface area contributed by atoms with Gasteiger partial charge in [0.2, 0.25) is 10.0 Å². The smallest absolute Gasteiger partial charge is 0.244 e. The lowest BCUT2D eigenvalue weighted by atomic mass is 10.2. The maximum atomic E-state index is 13.5. The average Bonchev–Trinajstić information content (AvgIpc) is 3.11. The van der Waals surface area contributed by atoms with Gasteiger partial charge in [-0.2, -0.15) is 9.57 Å². The van der Waals surface area contributed by atoms with Gasteiger partial charge in [0.25, 0.3) is 0 Å². The van der Waals surface area contributed by atoms with Crippen molar-refractivity contribution in [2.24, 2.45) is 0 Å². The highest BCUT2D eigenvalue weighted by molar-refractivity contribution is 9.11. The Morgan fingerprint density at radius 3 is 2.67 bits per heavy atom. The Labute approximate surface area is 180 Å². The molecule has 27 heavy (non-hydrogen) atoms. The molecule has 3 rings (SSSR count). The molecule has 0 amide bonds. The van der Waals surface area contributed by atoms with E-state index in [1.807, 2.05) is 18.2 Å². The fourth-order valence-electron chi connectivity index (χ4n) is 3.07. The van der Waals surface area contributed by atoms with E-state index < -0.39 is 10.0 Å². The van der Waals surface area contributed by atoms with Crippen LogP contribution in [0.2, 0.25) is 5.02 Å². The number of hydrogen-bond donors (Lipinski definition) is 0. The molecule has 0 bridgehead atoms. The number of benzene rings is 2. The summed E-state index contributed by atoms with van der Waals surface area (Å²) < 4.78 is 29.7. The van der Waals surface area contributed by atoms with Crippen molar-refractivity contribution >= 4 is 53.5 Å². The zero-order valence-electron chi connectivity index (χ0n) is 14.1. The molecule has 1 atom stereocenters. The summed E-state index contributed by atoms with van der Waals surface area (Å²) in [6.45, 7) is 1.05. The Bertz CT molecular complexity index is 994. The second-order valence-corrected chi connectivity index (χ2v) is 10.2. The lowest BCUT2D eigenvalue weighted by molar-refractivity contribution is 0.314. The molecular formula is C18H16Br2ClN3O2S. The summed E-state index contributed by atoms with van der Waals surface area (Å²) in [4.78, 5) is 1.76. The van der Waals surface area contributed by atoms with Crippen LogP contribution in [0.4, 0.5) is 0 Å². The molecule has 0 spiro atoms. The van der Waals surface area contributed by atoms with Crippen molar-refractivity contribution in [3.05, 3.63) is 62.0 Å². The van der Waals surface area contributed by atoms with Gasteiger partial charge >= 0.3 is 0 Å². The number of nitriles is 1. The number of likely N-dealkylation sites (tertiary alicyclic amines) is 1. The Morgan fingerprint density at radius 1 is 1.26 bits per heavy atom. The van der Waals surface area contributed by atoms with Crippen LogP contribution in [0.5, 0.6) is 0 Å². The number of sulfonamides is 1. The third kappa shape index (κ3) is 4.49. The average molecular weight is 534 g/mol. The van der Waals surface area contributed by atoms with Crippen molar-refractivity contribution in [2.75, 3.05) is 13.1 Å². The maximum Gasteiger partial charge on any atom is 0.244 e. The molecule has 0 radical (unpaired) electrons. The second-order valence-electron chi connectivity index (χ2n) is 6.20. The molecule has 2 aromatic carbocycles. The van der Waals surface area contributed by atoms with Gasteiger partial charge in [-0.1, -0.05) is 45.7 Å². The fraction of sp³-hybridized carbons (Fsp3) is 0.278. The van der Waals surface area contributed by atoms with Crippen molar-refractivity contribution in [1.29, 1.82) is 5.26 Å². The first-order chi connectivity index (χ1) is 12.8. The third-order valence-corrected chi connectivity index (χ3v) is 8.23. The molecule has 1 aliphatic heterocycles. The van der Waals surface area contributed by atoms with Crippen LogP contribution >= 0.6 is 43.5 Å². The van der Waals surface area contributed by atoms with Gasteiger partial charge in [-0.15, -0.1) is 0 Å². The topological polar surface area (TPSA) is 64.4 Å². The van der Waals surface area contributed by atoms with Crippen molar-refractivity contribution < 1.29 is 8.42 Å². The molecule has 5 nitrogen and oxygen atoms in total. The lowest BCUT2D eigenvalue weighted by Crippen LogP contribution is -2.41. The fourth-order valence-corrected chi connectivity index (χ4v) is 6.36. The second kappa shape index (κ2) is 8.50. The highest BCUT2D eigenvalue weighted by Crippen LogP contribution is 2.32. The summed E-state index contributed by atoms with van der Waals surface area (Å²) >= 11 is 13.0. The molecule has 142 valence electrons. The molecule has 0 saturated carbocycles. The van der Waals surface area contributed by atoms with Crippen LogP contribution < -0.4 is 0 Å². The Balaban J connectivity index is 2.05. The number of hydrogen-bond acceptors (Lipinski definition) is 4. The molecule has 1 unspecified atom stereocenters. The quantitative estimate of drug-likeness (QED) is 0.527. The van der Waals surface area contributed by atoms with Crippen molar-refractivity contribution in [1.82, 2.24) is 9.21 Å². The number of nitrogens with zero attached hydrogens (tertiary/aromatic N) is 3. The molecule has 9 heteroatoms. The van der Waals surface area contributed by atoms with E-state index in [1.165, 1.54) is 4.31 Å². The normalized spacial score (nSPS) is 17.3. The number of rotatable bonds is 5. The minimum absolute atomic E-state index is 0.144. The van der Waals surface area contributed by atoms with E-state index in [2.05, 4.69) is 38.1 Å². The van der Waals surface area contributed by atoms with Crippen LogP contribution in [0.3, 0.4) is 0 Å². The monoisotopic (exact) mass is 531 g/mol. The molecule has 2 aromatic rings. The van der Waals surface area contributed by atoms with Gasteiger partial charge in [0.1, 0.15) is 0 Å². The zero-order chi connectivity index (χ0) is 19.6. The van der Waals surface area contributed by atoms with Gasteiger partial charge in [-0.25, -0.2) is 8.42 Å². The standard InChI is InChI=1S/C18H16Br2ClN3O2S/c19-14-5-6-16(20)18(9-14)27(25,26)24(15-7-8-23(11-15)12-22)10-13-3-1-2-4-17(13)21/h1-6,9,15H,7-8,10-11H2. The van der Waals surface area contributed by atoms with Crippen LogP contribution in [-0.4, -0.2) is 36.8 Å². The van der Waals surface area contributed by atoms with Gasteiger partial charge in [0.15, 0.2) is 6.19 Å². The van der Waals surface area contributed by atoms with Crippen LogP contribution in [-0.2, 0) is 16.6 Å². The highest BCUT2D eigenvalue weighted by atomic mass is 79.9. The van der Waals surface area contributed by atoms with Gasteiger partial charge in [-0.3, -0.25) is 0 Å². The first kappa shape index (κ1) is 20.6. The van der Waals surface area contributed by atoms with Crippen molar-refractivity contribution in [3.8, 4) is 6.19 Å². The molecule has 0 aromatic heterocycles. The van der Waals surface area contributed by atoms with Crippen molar-refractivity contribution in [3.63, 3.8) is 0 Å². The Kier molecular flexibility index (Phi) is 6.49. The summed E-state index contributed by atoms with van der Waals surface area (Å²) in [5.74, 6) is 0. The lowest BCUT2D eigenvalue weighted by Gasteiger charge is -2.28. The van der Waals surface area contributed by atoms with E-state index >= 15 is 0 Å².